The summed E-state index contributed by atoms with van der Waals surface area (Å²) in [7, 11) is 0. The van der Waals surface area contributed by atoms with E-state index in [1.165, 1.54) is 0 Å². The molecular formula is C15H23NO3. The first kappa shape index (κ1) is 15.7. The van der Waals surface area contributed by atoms with Gasteiger partial charge in [0.25, 0.3) is 5.91 Å². The Balaban J connectivity index is 2.48. The van der Waals surface area contributed by atoms with E-state index in [1.807, 2.05) is 32.9 Å². The van der Waals surface area contributed by atoms with Crippen LogP contribution in [-0.2, 0) is 11.3 Å². The normalized spacial score (nSPS) is 12.5. The minimum atomic E-state index is -0.114. The fourth-order valence-corrected chi connectivity index (χ4v) is 1.45. The van der Waals surface area contributed by atoms with Gasteiger partial charge in [0.05, 0.1) is 12.7 Å². The van der Waals surface area contributed by atoms with Crippen molar-refractivity contribution in [1.82, 2.24) is 5.32 Å². The third-order valence-electron chi connectivity index (χ3n) is 2.72. The predicted octanol–water partition coefficient (Wildman–Crippen LogP) is 1.97. The molecule has 1 unspecified atom stereocenters. The Bertz CT molecular complexity index is 387. The van der Waals surface area contributed by atoms with Gasteiger partial charge < -0.3 is 15.2 Å². The van der Waals surface area contributed by atoms with Crippen LogP contribution >= 0.6 is 0 Å². The summed E-state index contributed by atoms with van der Waals surface area (Å²) in [5.74, 6) is -0.0423. The molecule has 0 spiro atoms. The summed E-state index contributed by atoms with van der Waals surface area (Å²) in [6, 6.07) is 7.37. The molecular weight excluding hydrogens is 242 g/mol. The van der Waals surface area contributed by atoms with E-state index >= 15 is 0 Å². The molecule has 4 nitrogen and oxygen atoms in total. The first-order chi connectivity index (χ1) is 9.02. The molecule has 19 heavy (non-hydrogen) atoms. The van der Waals surface area contributed by atoms with Crippen LogP contribution in [0.4, 0.5) is 0 Å². The maximum atomic E-state index is 11.8. The van der Waals surface area contributed by atoms with Crippen LogP contribution in [0.3, 0.4) is 0 Å². The van der Waals surface area contributed by atoms with E-state index in [0.717, 1.165) is 5.56 Å². The first-order valence-corrected chi connectivity index (χ1v) is 6.62. The molecule has 1 rings (SSSR count). The molecule has 0 aromatic heterocycles. The third-order valence-corrected chi connectivity index (χ3v) is 2.72. The number of hydrogen-bond acceptors (Lipinski definition) is 3. The number of amides is 1. The summed E-state index contributed by atoms with van der Waals surface area (Å²) < 4.78 is 5.49. The highest BCUT2D eigenvalue weighted by atomic mass is 16.5. The highest BCUT2D eigenvalue weighted by molar-refractivity contribution is 5.94. The molecule has 1 aromatic rings. The third kappa shape index (κ3) is 5.85. The summed E-state index contributed by atoms with van der Waals surface area (Å²) in [5, 5.41) is 11.7. The van der Waals surface area contributed by atoms with Gasteiger partial charge in [0.1, 0.15) is 0 Å². The second kappa shape index (κ2) is 7.92. The van der Waals surface area contributed by atoms with Crippen LogP contribution in [0.2, 0.25) is 0 Å². The van der Waals surface area contributed by atoms with Gasteiger partial charge in [-0.1, -0.05) is 19.1 Å². The van der Waals surface area contributed by atoms with Crippen LogP contribution in [0, 0.1) is 5.92 Å². The lowest BCUT2D eigenvalue weighted by Gasteiger charge is -2.10. The van der Waals surface area contributed by atoms with Crippen LogP contribution in [0.15, 0.2) is 24.3 Å². The fourth-order valence-electron chi connectivity index (χ4n) is 1.45. The highest BCUT2D eigenvalue weighted by Gasteiger charge is 2.07. The summed E-state index contributed by atoms with van der Waals surface area (Å²) in [6.07, 6.45) is 0.197. The maximum absolute atomic E-state index is 11.8. The van der Waals surface area contributed by atoms with Crippen molar-refractivity contribution in [2.45, 2.75) is 33.5 Å². The van der Waals surface area contributed by atoms with Crippen molar-refractivity contribution in [1.29, 1.82) is 0 Å². The molecule has 0 aliphatic rings. The van der Waals surface area contributed by atoms with Gasteiger partial charge in [-0.3, -0.25) is 4.79 Å². The number of ether oxygens (including phenoxy) is 1. The van der Waals surface area contributed by atoms with Crippen LogP contribution in [0.25, 0.3) is 0 Å². The van der Waals surface area contributed by atoms with Gasteiger partial charge in [0.15, 0.2) is 0 Å². The smallest absolute Gasteiger partial charge is 0.251 e. The molecule has 1 atom stereocenters. The molecule has 4 heteroatoms. The lowest BCUT2D eigenvalue weighted by Crippen LogP contribution is -2.29. The molecule has 106 valence electrons. The molecule has 0 aliphatic carbocycles. The number of carbonyl (C=O) groups excluding carboxylic acids is 1. The van der Waals surface area contributed by atoms with Crippen LogP contribution in [0.1, 0.15) is 36.7 Å². The van der Waals surface area contributed by atoms with Crippen molar-refractivity contribution < 1.29 is 14.6 Å². The Hall–Kier alpha value is -1.39. The van der Waals surface area contributed by atoms with Crippen molar-refractivity contribution in [3.8, 4) is 0 Å². The van der Waals surface area contributed by atoms with Gasteiger partial charge in [-0.15, -0.1) is 0 Å². The second-order valence-corrected chi connectivity index (χ2v) is 5.05. The zero-order valence-electron chi connectivity index (χ0n) is 11.8. The van der Waals surface area contributed by atoms with Gasteiger partial charge >= 0.3 is 0 Å². The zero-order valence-corrected chi connectivity index (χ0v) is 11.8. The van der Waals surface area contributed by atoms with Crippen molar-refractivity contribution >= 4 is 5.91 Å². The largest absolute Gasteiger partial charge is 0.396 e. The predicted molar refractivity (Wildman–Crippen MR) is 75.0 cm³/mol. The van der Waals surface area contributed by atoms with Gasteiger partial charge in [0, 0.05) is 18.7 Å². The summed E-state index contributed by atoms with van der Waals surface area (Å²) >= 11 is 0. The van der Waals surface area contributed by atoms with Crippen molar-refractivity contribution in [3.05, 3.63) is 35.4 Å². The molecule has 0 saturated carbocycles. The molecule has 0 saturated heterocycles. The molecule has 0 radical (unpaired) electrons. The maximum Gasteiger partial charge on any atom is 0.251 e. The standard InChI is InChI=1S/C15H23NO3/c1-11(2)19-10-13-4-6-14(7-5-13)15(18)16-8-12(3)9-17/h4-7,11-12,17H,8-10H2,1-3H3,(H,16,18). The first-order valence-electron chi connectivity index (χ1n) is 6.62. The Morgan fingerprint density at radius 2 is 1.89 bits per heavy atom. The number of carbonyl (C=O) groups is 1. The number of nitrogens with one attached hydrogen (secondary N) is 1. The molecule has 0 bridgehead atoms. The molecule has 2 N–H and O–H groups in total. The summed E-state index contributed by atoms with van der Waals surface area (Å²) in [5.41, 5.74) is 1.67. The van der Waals surface area contributed by atoms with E-state index in [0.29, 0.717) is 18.7 Å². The van der Waals surface area contributed by atoms with E-state index in [-0.39, 0.29) is 24.5 Å². The Morgan fingerprint density at radius 1 is 1.26 bits per heavy atom. The minimum absolute atomic E-state index is 0.0719. The summed E-state index contributed by atoms with van der Waals surface area (Å²) in [4.78, 5) is 11.8. The van der Waals surface area contributed by atoms with E-state index < -0.39 is 0 Å². The number of aliphatic hydroxyl groups excluding tert-OH is 1. The van der Waals surface area contributed by atoms with Crippen molar-refractivity contribution in [3.63, 3.8) is 0 Å². The van der Waals surface area contributed by atoms with Gasteiger partial charge in [-0.25, -0.2) is 0 Å². The number of benzene rings is 1. The Kier molecular flexibility index (Phi) is 6.53. The monoisotopic (exact) mass is 265 g/mol. The minimum Gasteiger partial charge on any atom is -0.396 e. The van der Waals surface area contributed by atoms with E-state index in [1.54, 1.807) is 12.1 Å². The van der Waals surface area contributed by atoms with Gasteiger partial charge in [-0.2, -0.15) is 0 Å². The average Bonchev–Trinajstić information content (AvgIpc) is 2.42. The Labute approximate surface area is 114 Å². The van der Waals surface area contributed by atoms with Crippen LogP contribution < -0.4 is 5.32 Å². The number of rotatable bonds is 7. The van der Waals surface area contributed by atoms with Gasteiger partial charge in [0.2, 0.25) is 0 Å². The van der Waals surface area contributed by atoms with Crippen molar-refractivity contribution in [2.75, 3.05) is 13.2 Å². The second-order valence-electron chi connectivity index (χ2n) is 5.05. The van der Waals surface area contributed by atoms with Crippen LogP contribution in [-0.4, -0.2) is 30.3 Å². The van der Waals surface area contributed by atoms with Crippen molar-refractivity contribution in [2.24, 2.45) is 5.92 Å². The quantitative estimate of drug-likeness (QED) is 0.792. The molecule has 0 heterocycles. The molecule has 0 fully saturated rings. The number of hydrogen-bond donors (Lipinski definition) is 2. The zero-order chi connectivity index (χ0) is 14.3. The molecule has 0 aliphatic heterocycles. The fraction of sp³-hybridized carbons (Fsp3) is 0.533. The van der Waals surface area contributed by atoms with Crippen LogP contribution in [0.5, 0.6) is 0 Å². The molecule has 1 amide bonds. The molecule has 1 aromatic carbocycles. The highest BCUT2D eigenvalue weighted by Crippen LogP contribution is 2.07. The van der Waals surface area contributed by atoms with E-state index in [9.17, 15) is 4.79 Å². The van der Waals surface area contributed by atoms with Gasteiger partial charge in [-0.05, 0) is 37.5 Å². The SMILES string of the molecule is CC(CO)CNC(=O)c1ccc(COC(C)C)cc1. The topological polar surface area (TPSA) is 58.6 Å². The van der Waals surface area contributed by atoms with E-state index in [4.69, 9.17) is 9.84 Å². The lowest BCUT2D eigenvalue weighted by atomic mass is 10.1. The average molecular weight is 265 g/mol. The summed E-state index contributed by atoms with van der Waals surface area (Å²) in [6.45, 7) is 6.97. The van der Waals surface area contributed by atoms with E-state index in [2.05, 4.69) is 5.32 Å². The lowest BCUT2D eigenvalue weighted by molar-refractivity contribution is 0.0656. The number of aliphatic hydroxyl groups is 1. The Morgan fingerprint density at radius 3 is 2.42 bits per heavy atom.